The quantitative estimate of drug-likeness (QED) is 0.0606. The molecule has 0 aromatic heterocycles. The topological polar surface area (TPSA) is 172 Å². The number of ether oxygens (including phenoxy) is 2. The van der Waals surface area contributed by atoms with Crippen LogP contribution in [0.5, 0.6) is 0 Å². The van der Waals surface area contributed by atoms with Gasteiger partial charge in [0.05, 0.1) is 52.5 Å². The van der Waals surface area contributed by atoms with E-state index in [-0.39, 0.29) is 31.3 Å². The molecule has 1 aliphatic carbocycles. The van der Waals surface area contributed by atoms with E-state index in [1.54, 1.807) is 24.3 Å². The first-order valence-corrected chi connectivity index (χ1v) is 15.7. The summed E-state index contributed by atoms with van der Waals surface area (Å²) >= 11 is 0. The maximum absolute atomic E-state index is 12.4. The van der Waals surface area contributed by atoms with Gasteiger partial charge < -0.3 is 43.2 Å². The van der Waals surface area contributed by atoms with Crippen molar-refractivity contribution in [3.8, 4) is 0 Å². The number of likely N-dealkylation sites (N-methyl/N-ethyl adjacent to an activating group) is 1. The average molecular weight is 608 g/mol. The van der Waals surface area contributed by atoms with Crippen LogP contribution in [0, 0.1) is 11.8 Å². The smallest absolute Gasteiger partial charge is 0.310 e. The zero-order valence-corrected chi connectivity index (χ0v) is 25.9. The van der Waals surface area contributed by atoms with Crippen molar-refractivity contribution >= 4 is 19.8 Å². The Morgan fingerprint density at radius 2 is 1.80 bits per heavy atom. The lowest BCUT2D eigenvalue weighted by atomic mass is 9.89. The highest BCUT2D eigenvalue weighted by atomic mass is 31.2. The number of hydrogen-bond donors (Lipinski definition) is 3. The highest BCUT2D eigenvalue weighted by Gasteiger charge is 2.39. The molecule has 7 atom stereocenters. The SMILES string of the molecule is CCCCC[C@@H](O)/C=C/[C@@H]1[C@H](C/C=C\CC(=O)O[C@H](COC(C)=O)COP(=O)([O-])OCC[N+](C)(C)C)[C@@H](O)C[C@H]1O. The predicted molar refractivity (Wildman–Crippen MR) is 150 cm³/mol. The van der Waals surface area contributed by atoms with E-state index in [0.29, 0.717) is 23.9 Å². The average Bonchev–Trinajstić information content (AvgIpc) is 3.13. The number of carbonyl (C=O) groups is 2. The van der Waals surface area contributed by atoms with Crippen molar-refractivity contribution < 1.29 is 57.4 Å². The fourth-order valence-corrected chi connectivity index (χ4v) is 5.02. The molecule has 1 unspecified atom stereocenters. The zero-order valence-electron chi connectivity index (χ0n) is 25.1. The molecule has 0 heterocycles. The second-order valence-corrected chi connectivity index (χ2v) is 12.9. The van der Waals surface area contributed by atoms with E-state index in [1.807, 2.05) is 21.1 Å². The third-order valence-corrected chi connectivity index (χ3v) is 7.60. The monoisotopic (exact) mass is 607 g/mol. The van der Waals surface area contributed by atoms with Crippen LogP contribution in [0.1, 0.15) is 58.8 Å². The van der Waals surface area contributed by atoms with Crippen LogP contribution >= 0.6 is 7.82 Å². The Labute approximate surface area is 244 Å². The van der Waals surface area contributed by atoms with Crippen LogP contribution < -0.4 is 4.89 Å². The van der Waals surface area contributed by atoms with Crippen LogP contribution in [0.25, 0.3) is 0 Å². The summed E-state index contributed by atoms with van der Waals surface area (Å²) in [5.41, 5.74) is 0. The minimum Gasteiger partial charge on any atom is -0.756 e. The summed E-state index contributed by atoms with van der Waals surface area (Å²) in [6.07, 6.45) is 7.56. The fourth-order valence-electron chi connectivity index (χ4n) is 4.29. The molecular weight excluding hydrogens is 557 g/mol. The maximum atomic E-state index is 12.4. The van der Waals surface area contributed by atoms with Crippen molar-refractivity contribution in [1.82, 2.24) is 0 Å². The lowest BCUT2D eigenvalue weighted by Gasteiger charge is -2.28. The number of allylic oxidation sites excluding steroid dienone is 1. The van der Waals surface area contributed by atoms with Gasteiger partial charge in [-0.05, 0) is 18.8 Å². The Bertz CT molecular complexity index is 889. The van der Waals surface area contributed by atoms with Crippen LogP contribution in [0.3, 0.4) is 0 Å². The summed E-state index contributed by atoms with van der Waals surface area (Å²) in [6.45, 7) is 2.60. The van der Waals surface area contributed by atoms with Gasteiger partial charge in [-0.25, -0.2) is 0 Å². The number of phosphoric ester groups is 1. The second kappa shape index (κ2) is 18.8. The number of nitrogens with zero attached hydrogens (tertiary/aromatic N) is 1. The van der Waals surface area contributed by atoms with E-state index in [2.05, 4.69) is 6.92 Å². The van der Waals surface area contributed by atoms with Crippen LogP contribution in [-0.4, -0.2) is 104 Å². The van der Waals surface area contributed by atoms with Gasteiger partial charge in [0, 0.05) is 19.3 Å². The van der Waals surface area contributed by atoms with Gasteiger partial charge in [0.2, 0.25) is 0 Å². The number of aliphatic hydroxyl groups excluding tert-OH is 3. The third-order valence-electron chi connectivity index (χ3n) is 6.63. The number of unbranched alkanes of at least 4 members (excludes halogenated alkanes) is 2. The molecule has 0 amide bonds. The van der Waals surface area contributed by atoms with Crippen molar-refractivity contribution in [3.63, 3.8) is 0 Å². The standard InChI is InChI=1S/C28H50NO11P/c1-6-7-8-11-22(31)14-15-25-24(26(32)18-27(25)33)12-9-10-13-28(34)40-23(19-37-21(2)30)20-39-41(35,36)38-17-16-29(3,4)5/h9-10,14-15,22-27,31-33H,6-8,11-13,16-20H2,1-5H3/b10-9-,15-14+/t22-,23-,24+,25-,26+,27-/m1/s1. The molecule has 238 valence electrons. The van der Waals surface area contributed by atoms with Gasteiger partial charge in [0.15, 0.2) is 6.10 Å². The molecule has 0 radical (unpaired) electrons. The van der Waals surface area contributed by atoms with Crippen LogP contribution in [0.2, 0.25) is 0 Å². The van der Waals surface area contributed by atoms with Crippen molar-refractivity contribution in [2.75, 3.05) is 47.5 Å². The third kappa shape index (κ3) is 17.2. The molecule has 0 saturated heterocycles. The second-order valence-electron chi connectivity index (χ2n) is 11.5. The number of hydrogen-bond acceptors (Lipinski definition) is 11. The molecule has 0 aromatic carbocycles. The molecule has 0 spiro atoms. The van der Waals surface area contributed by atoms with Crippen LogP contribution in [0.4, 0.5) is 0 Å². The van der Waals surface area contributed by atoms with E-state index in [1.165, 1.54) is 6.92 Å². The van der Waals surface area contributed by atoms with E-state index in [4.69, 9.17) is 18.5 Å². The molecule has 3 N–H and O–H groups in total. The maximum Gasteiger partial charge on any atom is 0.310 e. The first kappa shape index (κ1) is 37.4. The molecule has 0 aromatic rings. The van der Waals surface area contributed by atoms with Crippen LogP contribution in [-0.2, 0) is 32.7 Å². The molecule has 1 aliphatic rings. The Morgan fingerprint density at radius 1 is 1.10 bits per heavy atom. The first-order chi connectivity index (χ1) is 19.1. The van der Waals surface area contributed by atoms with Crippen molar-refractivity contribution in [1.29, 1.82) is 0 Å². The molecule has 1 fully saturated rings. The van der Waals surface area contributed by atoms with Gasteiger partial charge in [-0.2, -0.15) is 0 Å². The van der Waals surface area contributed by atoms with Gasteiger partial charge in [0.1, 0.15) is 19.8 Å². The summed E-state index contributed by atoms with van der Waals surface area (Å²) < 4.78 is 32.3. The summed E-state index contributed by atoms with van der Waals surface area (Å²) in [5.74, 6) is -1.96. The van der Waals surface area contributed by atoms with E-state index in [9.17, 15) is 34.4 Å². The van der Waals surface area contributed by atoms with E-state index >= 15 is 0 Å². The molecule has 1 saturated carbocycles. The summed E-state index contributed by atoms with van der Waals surface area (Å²) in [5, 5.41) is 31.0. The number of esters is 2. The normalized spacial score (nSPS) is 24.4. The number of rotatable bonds is 20. The van der Waals surface area contributed by atoms with Crippen molar-refractivity contribution in [2.45, 2.75) is 83.2 Å². The lowest BCUT2D eigenvalue weighted by molar-refractivity contribution is -0.870. The highest BCUT2D eigenvalue weighted by molar-refractivity contribution is 7.45. The van der Waals surface area contributed by atoms with Crippen molar-refractivity contribution in [2.24, 2.45) is 11.8 Å². The molecule has 12 nitrogen and oxygen atoms in total. The Balaban J connectivity index is 2.62. The molecular formula is C28H50NO11P. The number of phosphoric acid groups is 1. The Morgan fingerprint density at radius 3 is 2.44 bits per heavy atom. The molecule has 13 heteroatoms. The van der Waals surface area contributed by atoms with Gasteiger partial charge in [-0.15, -0.1) is 0 Å². The molecule has 41 heavy (non-hydrogen) atoms. The van der Waals surface area contributed by atoms with Crippen molar-refractivity contribution in [3.05, 3.63) is 24.3 Å². The minimum atomic E-state index is -4.67. The Kier molecular flexibility index (Phi) is 17.2. The van der Waals surface area contributed by atoms with Gasteiger partial charge in [-0.3, -0.25) is 14.2 Å². The number of quaternary nitrogens is 1. The number of aliphatic hydroxyl groups is 3. The summed E-state index contributed by atoms with van der Waals surface area (Å²) in [4.78, 5) is 35.7. The van der Waals surface area contributed by atoms with Gasteiger partial charge in [0.25, 0.3) is 7.82 Å². The first-order valence-electron chi connectivity index (χ1n) is 14.2. The largest absolute Gasteiger partial charge is 0.756 e. The zero-order chi connectivity index (χ0) is 31.1. The summed E-state index contributed by atoms with van der Waals surface area (Å²) in [6, 6.07) is 0. The van der Waals surface area contributed by atoms with Crippen LogP contribution in [0.15, 0.2) is 24.3 Å². The Hall–Kier alpha value is -1.63. The minimum absolute atomic E-state index is 0.0909. The molecule has 1 rings (SSSR count). The van der Waals surface area contributed by atoms with Gasteiger partial charge >= 0.3 is 11.9 Å². The molecule has 0 aliphatic heterocycles. The fraction of sp³-hybridized carbons (Fsp3) is 0.786. The summed E-state index contributed by atoms with van der Waals surface area (Å²) in [7, 11) is 0.954. The van der Waals surface area contributed by atoms with Gasteiger partial charge in [-0.1, -0.05) is 50.5 Å². The highest BCUT2D eigenvalue weighted by Crippen LogP contribution is 2.38. The molecule has 0 bridgehead atoms. The van der Waals surface area contributed by atoms with E-state index in [0.717, 1.165) is 19.3 Å². The predicted octanol–water partition coefficient (Wildman–Crippen LogP) is 1.86. The number of carbonyl (C=O) groups excluding carboxylic acids is 2. The van der Waals surface area contributed by atoms with E-state index < -0.39 is 57.4 Å². The lowest BCUT2D eigenvalue weighted by Crippen LogP contribution is -2.37.